The third-order valence-electron chi connectivity index (χ3n) is 8.61. The van der Waals surface area contributed by atoms with Crippen molar-refractivity contribution >= 4 is 5.69 Å². The second kappa shape index (κ2) is 14.2. The molecule has 0 saturated carbocycles. The van der Waals surface area contributed by atoms with Crippen LogP contribution < -0.4 is 4.90 Å². The summed E-state index contributed by atoms with van der Waals surface area (Å²) < 4.78 is 0. The first-order valence-electron chi connectivity index (χ1n) is 15.6. The summed E-state index contributed by atoms with van der Waals surface area (Å²) in [6.45, 7) is 12.2. The van der Waals surface area contributed by atoms with E-state index in [0.717, 1.165) is 44.9 Å². The van der Waals surface area contributed by atoms with Crippen LogP contribution in [0, 0.1) is 12.8 Å². The second-order valence-corrected chi connectivity index (χ2v) is 11.8. The van der Waals surface area contributed by atoms with Gasteiger partial charge in [0.25, 0.3) is 0 Å². The van der Waals surface area contributed by atoms with Gasteiger partial charge in [0.2, 0.25) is 0 Å². The lowest BCUT2D eigenvalue weighted by atomic mass is 9.91. The zero-order valence-corrected chi connectivity index (χ0v) is 25.5. The fraction of sp³-hybridized carbons (Fsp3) is 0.300. The van der Waals surface area contributed by atoms with E-state index in [-0.39, 0.29) is 6.04 Å². The van der Waals surface area contributed by atoms with Crippen molar-refractivity contribution in [2.24, 2.45) is 5.92 Å². The third-order valence-corrected chi connectivity index (χ3v) is 8.61. The first-order valence-corrected chi connectivity index (χ1v) is 15.6. The highest BCUT2D eigenvalue weighted by Gasteiger charge is 2.28. The smallest absolute Gasteiger partial charge is 0.0562 e. The standard InChI is InChI=1S/C40H46N2/c1-5-7-11-33-13-9-15-39(29-33)41(35-21-17-31(3)18-22-35)37-25-27-38(28-26-37)42(36-23-19-32(4)20-24-36)40-16-10-14-34(30-40)12-8-6-2/h5-7,9-11,13,16-23,25,27,29-30,34,36,39H,1-2,8,12,14-15,24,26,28H2,3-4H3. The molecule has 0 fully saturated rings. The van der Waals surface area contributed by atoms with Gasteiger partial charge in [-0.25, -0.2) is 0 Å². The van der Waals surface area contributed by atoms with Crippen LogP contribution in [0.25, 0.3) is 0 Å². The predicted octanol–water partition coefficient (Wildman–Crippen LogP) is 10.4. The fourth-order valence-electron chi connectivity index (χ4n) is 6.35. The molecule has 5 rings (SSSR count). The molecule has 4 aliphatic rings. The van der Waals surface area contributed by atoms with Crippen molar-refractivity contribution in [2.45, 2.75) is 70.9 Å². The number of benzene rings is 1. The van der Waals surface area contributed by atoms with E-state index in [1.807, 2.05) is 18.2 Å². The average molecular weight is 555 g/mol. The highest BCUT2D eigenvalue weighted by atomic mass is 15.2. The van der Waals surface area contributed by atoms with Crippen LogP contribution in [0.2, 0.25) is 0 Å². The molecule has 0 radical (unpaired) electrons. The molecule has 1 aromatic carbocycles. The van der Waals surface area contributed by atoms with Crippen LogP contribution in [0.1, 0.15) is 57.4 Å². The van der Waals surface area contributed by atoms with Crippen molar-refractivity contribution in [3.63, 3.8) is 0 Å². The number of rotatable bonds is 11. The Bertz CT molecular complexity index is 1420. The van der Waals surface area contributed by atoms with E-state index in [1.165, 1.54) is 39.5 Å². The van der Waals surface area contributed by atoms with Gasteiger partial charge in [-0.3, -0.25) is 0 Å². The zero-order valence-electron chi connectivity index (χ0n) is 25.5. The Morgan fingerprint density at radius 1 is 0.833 bits per heavy atom. The van der Waals surface area contributed by atoms with Gasteiger partial charge in [-0.1, -0.05) is 103 Å². The van der Waals surface area contributed by atoms with Gasteiger partial charge in [-0.05, 0) is 101 Å². The van der Waals surface area contributed by atoms with Crippen molar-refractivity contribution in [1.82, 2.24) is 4.90 Å². The molecular weight excluding hydrogens is 508 g/mol. The monoisotopic (exact) mass is 554 g/mol. The molecule has 2 nitrogen and oxygen atoms in total. The van der Waals surface area contributed by atoms with Crippen LogP contribution in [-0.4, -0.2) is 17.0 Å². The van der Waals surface area contributed by atoms with Crippen LogP contribution in [0.15, 0.2) is 157 Å². The van der Waals surface area contributed by atoms with E-state index in [0.29, 0.717) is 12.0 Å². The van der Waals surface area contributed by atoms with Gasteiger partial charge >= 0.3 is 0 Å². The molecule has 0 aromatic heterocycles. The summed E-state index contributed by atoms with van der Waals surface area (Å²) in [6.07, 6.45) is 41.4. The maximum Gasteiger partial charge on any atom is 0.0562 e. The molecule has 0 spiro atoms. The topological polar surface area (TPSA) is 6.48 Å². The van der Waals surface area contributed by atoms with Crippen LogP contribution in [0.3, 0.4) is 0 Å². The lowest BCUT2D eigenvalue weighted by Gasteiger charge is -2.40. The van der Waals surface area contributed by atoms with Gasteiger partial charge in [0.1, 0.15) is 0 Å². The van der Waals surface area contributed by atoms with Gasteiger partial charge in [-0.2, -0.15) is 0 Å². The van der Waals surface area contributed by atoms with Crippen LogP contribution in [-0.2, 0) is 0 Å². The normalized spacial score (nSPS) is 23.5. The molecule has 216 valence electrons. The van der Waals surface area contributed by atoms with Crippen molar-refractivity contribution in [2.75, 3.05) is 4.90 Å². The Labute approximate surface area is 254 Å². The number of hydrogen-bond acceptors (Lipinski definition) is 2. The Balaban J connectivity index is 1.49. The quantitative estimate of drug-likeness (QED) is 0.198. The first-order chi connectivity index (χ1) is 20.6. The lowest BCUT2D eigenvalue weighted by Crippen LogP contribution is -2.37. The number of allylic oxidation sites excluding steroid dienone is 15. The lowest BCUT2D eigenvalue weighted by molar-refractivity contribution is 0.349. The van der Waals surface area contributed by atoms with E-state index >= 15 is 0 Å². The van der Waals surface area contributed by atoms with E-state index in [1.54, 1.807) is 0 Å². The highest BCUT2D eigenvalue weighted by molar-refractivity contribution is 5.58. The van der Waals surface area contributed by atoms with E-state index in [4.69, 9.17) is 0 Å². The second-order valence-electron chi connectivity index (χ2n) is 11.8. The molecule has 0 saturated heterocycles. The first kappa shape index (κ1) is 29.5. The third kappa shape index (κ3) is 7.23. The minimum atomic E-state index is 0.267. The number of aryl methyl sites for hydroxylation is 1. The van der Waals surface area contributed by atoms with Crippen molar-refractivity contribution in [3.8, 4) is 0 Å². The Morgan fingerprint density at radius 2 is 1.60 bits per heavy atom. The summed E-state index contributed by atoms with van der Waals surface area (Å²) in [5, 5.41) is 0. The van der Waals surface area contributed by atoms with E-state index in [2.05, 4.69) is 134 Å². The van der Waals surface area contributed by atoms with E-state index < -0.39 is 0 Å². The summed E-state index contributed by atoms with van der Waals surface area (Å²) in [5.41, 5.74) is 9.24. The molecule has 0 heterocycles. The highest BCUT2D eigenvalue weighted by Crippen LogP contribution is 2.37. The molecular formula is C40H46N2. The summed E-state index contributed by atoms with van der Waals surface area (Å²) in [5.74, 6) is 0.568. The van der Waals surface area contributed by atoms with E-state index in [9.17, 15) is 0 Å². The number of hydrogen-bond donors (Lipinski definition) is 0. The van der Waals surface area contributed by atoms with Gasteiger partial charge < -0.3 is 9.80 Å². The maximum atomic E-state index is 3.95. The largest absolute Gasteiger partial charge is 0.338 e. The predicted molar refractivity (Wildman–Crippen MR) is 182 cm³/mol. The molecule has 42 heavy (non-hydrogen) atoms. The van der Waals surface area contributed by atoms with Crippen LogP contribution in [0.4, 0.5) is 5.69 Å². The van der Waals surface area contributed by atoms with Gasteiger partial charge in [-0.15, -0.1) is 6.58 Å². The van der Waals surface area contributed by atoms with Crippen LogP contribution >= 0.6 is 0 Å². The van der Waals surface area contributed by atoms with Gasteiger partial charge in [0.05, 0.1) is 12.1 Å². The molecule has 0 amide bonds. The number of anilines is 1. The molecule has 3 atom stereocenters. The van der Waals surface area contributed by atoms with Crippen molar-refractivity contribution in [3.05, 3.63) is 162 Å². The molecule has 0 aliphatic heterocycles. The maximum absolute atomic E-state index is 3.95. The minimum Gasteiger partial charge on any atom is -0.338 e. The zero-order chi connectivity index (χ0) is 29.3. The van der Waals surface area contributed by atoms with Crippen LogP contribution in [0.5, 0.6) is 0 Å². The molecule has 1 aromatic rings. The molecule has 4 aliphatic carbocycles. The van der Waals surface area contributed by atoms with Gasteiger partial charge in [0.15, 0.2) is 0 Å². The molecule has 3 unspecified atom stereocenters. The van der Waals surface area contributed by atoms with Crippen molar-refractivity contribution in [1.29, 1.82) is 0 Å². The summed E-state index contributed by atoms with van der Waals surface area (Å²) in [6, 6.07) is 9.60. The Hall–Kier alpha value is -4.04. The summed E-state index contributed by atoms with van der Waals surface area (Å²) in [4.78, 5) is 5.17. The molecule has 0 N–H and O–H groups in total. The molecule has 0 bridgehead atoms. The minimum absolute atomic E-state index is 0.267. The molecule has 2 heteroatoms. The Morgan fingerprint density at radius 3 is 2.29 bits per heavy atom. The average Bonchev–Trinajstić information content (AvgIpc) is 3.02. The fourth-order valence-corrected chi connectivity index (χ4v) is 6.35. The Kier molecular flexibility index (Phi) is 9.98. The SMILES string of the molecule is C=CC=CC1=CC(N(C2=CC=C(N(C3=CC(CCC=C)CC=C3)C3C=CC(C)=CC3)CC2)c2ccc(C)cc2)CC=C1. The summed E-state index contributed by atoms with van der Waals surface area (Å²) in [7, 11) is 0. The number of nitrogens with zero attached hydrogens (tertiary/aromatic N) is 2. The van der Waals surface area contributed by atoms with Gasteiger partial charge in [0, 0.05) is 22.8 Å². The summed E-state index contributed by atoms with van der Waals surface area (Å²) >= 11 is 0. The van der Waals surface area contributed by atoms with Crippen molar-refractivity contribution < 1.29 is 0 Å².